The van der Waals surface area contributed by atoms with Gasteiger partial charge in [0.2, 0.25) is 11.8 Å². The first-order valence-corrected chi connectivity index (χ1v) is 5.84. The highest BCUT2D eigenvalue weighted by Crippen LogP contribution is 2.49. The molecule has 86 valence electrons. The maximum Gasteiger partial charge on any atom is 0.331 e. The quantitative estimate of drug-likeness (QED) is 0.667. The molecule has 5 nitrogen and oxygen atoms in total. The molecule has 0 aromatic rings. The van der Waals surface area contributed by atoms with E-state index in [1.807, 2.05) is 0 Å². The van der Waals surface area contributed by atoms with Crippen LogP contribution in [0.15, 0.2) is 0 Å². The number of imide groups is 2. The number of nitrogens with one attached hydrogen (secondary N) is 1. The standard InChI is InChI=1S/C11H14N2O3/c14-8-11(5-6-11)9(15)13(10(16)12-8)7-3-1-2-4-7/h7H,1-6H2,(H,12,14,16). The van der Waals surface area contributed by atoms with Gasteiger partial charge in [0.1, 0.15) is 5.41 Å². The molecular weight excluding hydrogens is 208 g/mol. The molecule has 16 heavy (non-hydrogen) atoms. The topological polar surface area (TPSA) is 66.5 Å². The van der Waals surface area contributed by atoms with Crippen molar-refractivity contribution < 1.29 is 14.4 Å². The van der Waals surface area contributed by atoms with Crippen molar-refractivity contribution in [2.45, 2.75) is 44.6 Å². The Morgan fingerprint density at radius 2 is 1.75 bits per heavy atom. The highest BCUT2D eigenvalue weighted by Gasteiger charge is 2.63. The third-order valence-electron chi connectivity index (χ3n) is 3.94. The Balaban J connectivity index is 1.89. The molecule has 0 atom stereocenters. The number of rotatable bonds is 1. The van der Waals surface area contributed by atoms with Crippen LogP contribution in [0.4, 0.5) is 4.79 Å². The van der Waals surface area contributed by atoms with Crippen LogP contribution in [0.25, 0.3) is 0 Å². The lowest BCUT2D eigenvalue weighted by atomic mass is 10.00. The van der Waals surface area contributed by atoms with Gasteiger partial charge >= 0.3 is 6.03 Å². The second-order valence-corrected chi connectivity index (χ2v) is 4.95. The number of amides is 4. The maximum atomic E-state index is 12.2. The van der Waals surface area contributed by atoms with Crippen LogP contribution in [0, 0.1) is 5.41 Å². The third kappa shape index (κ3) is 1.14. The van der Waals surface area contributed by atoms with Gasteiger partial charge in [0.05, 0.1) is 0 Å². The van der Waals surface area contributed by atoms with E-state index >= 15 is 0 Å². The first-order chi connectivity index (χ1) is 7.65. The predicted molar refractivity (Wildman–Crippen MR) is 54.3 cm³/mol. The minimum absolute atomic E-state index is 0.0121. The number of hydrogen-bond donors (Lipinski definition) is 1. The Hall–Kier alpha value is -1.39. The molecule has 0 aromatic heterocycles. The van der Waals surface area contributed by atoms with Crippen LogP contribution >= 0.6 is 0 Å². The van der Waals surface area contributed by atoms with Crippen molar-refractivity contribution in [2.75, 3.05) is 0 Å². The second kappa shape index (κ2) is 3.06. The molecule has 1 saturated heterocycles. The van der Waals surface area contributed by atoms with E-state index in [2.05, 4.69) is 5.32 Å². The van der Waals surface area contributed by atoms with Crippen molar-refractivity contribution in [3.05, 3.63) is 0 Å². The van der Waals surface area contributed by atoms with Gasteiger partial charge < -0.3 is 0 Å². The summed E-state index contributed by atoms with van der Waals surface area (Å²) in [5.74, 6) is -0.648. The van der Waals surface area contributed by atoms with Crippen LogP contribution in [0.3, 0.4) is 0 Å². The first-order valence-electron chi connectivity index (χ1n) is 5.84. The zero-order valence-electron chi connectivity index (χ0n) is 8.99. The summed E-state index contributed by atoms with van der Waals surface area (Å²) in [6.45, 7) is 0. The molecule has 0 bridgehead atoms. The van der Waals surface area contributed by atoms with Crippen LogP contribution in [0.2, 0.25) is 0 Å². The van der Waals surface area contributed by atoms with E-state index in [1.54, 1.807) is 0 Å². The largest absolute Gasteiger partial charge is 0.331 e. The van der Waals surface area contributed by atoms with Crippen LogP contribution in [0.5, 0.6) is 0 Å². The lowest BCUT2D eigenvalue weighted by Gasteiger charge is -2.34. The normalized spacial score (nSPS) is 28.8. The van der Waals surface area contributed by atoms with Crippen molar-refractivity contribution in [3.63, 3.8) is 0 Å². The van der Waals surface area contributed by atoms with Gasteiger partial charge in [-0.1, -0.05) is 12.8 Å². The molecule has 5 heteroatoms. The number of barbiturate groups is 1. The van der Waals surface area contributed by atoms with Crippen LogP contribution in [-0.4, -0.2) is 28.8 Å². The Bertz CT molecular complexity index is 381. The summed E-state index contributed by atoms with van der Waals surface area (Å²) in [6, 6.07) is -0.502. The molecule has 0 radical (unpaired) electrons. The van der Waals surface area contributed by atoms with Gasteiger partial charge in [-0.05, 0) is 25.7 Å². The molecule has 1 heterocycles. The molecule has 3 fully saturated rings. The Kier molecular flexibility index (Phi) is 1.87. The van der Waals surface area contributed by atoms with Crippen LogP contribution in [0.1, 0.15) is 38.5 Å². The van der Waals surface area contributed by atoms with Crippen molar-refractivity contribution in [1.29, 1.82) is 0 Å². The van der Waals surface area contributed by atoms with E-state index in [1.165, 1.54) is 4.90 Å². The van der Waals surface area contributed by atoms with Crippen LogP contribution < -0.4 is 5.32 Å². The summed E-state index contributed by atoms with van der Waals surface area (Å²) in [5, 5.41) is 2.32. The van der Waals surface area contributed by atoms with Crippen molar-refractivity contribution in [3.8, 4) is 0 Å². The molecule has 1 N–H and O–H groups in total. The first kappa shape index (κ1) is 9.81. The molecule has 3 rings (SSSR count). The lowest BCUT2D eigenvalue weighted by molar-refractivity contribution is -0.146. The summed E-state index contributed by atoms with van der Waals surface area (Å²) in [5.41, 5.74) is -0.878. The smallest absolute Gasteiger partial charge is 0.277 e. The number of carbonyl (C=O) groups excluding carboxylic acids is 3. The van der Waals surface area contributed by atoms with Gasteiger partial charge in [-0.2, -0.15) is 0 Å². The summed E-state index contributed by atoms with van der Waals surface area (Å²) in [4.78, 5) is 36.7. The zero-order valence-corrected chi connectivity index (χ0v) is 8.99. The van der Waals surface area contributed by atoms with E-state index in [-0.39, 0.29) is 11.9 Å². The average Bonchev–Trinajstić information content (AvgIpc) is 2.88. The molecule has 4 amide bonds. The molecule has 2 aliphatic carbocycles. The Morgan fingerprint density at radius 3 is 2.31 bits per heavy atom. The number of hydrogen-bond acceptors (Lipinski definition) is 3. The van der Waals surface area contributed by atoms with E-state index in [9.17, 15) is 14.4 Å². The van der Waals surface area contributed by atoms with Gasteiger partial charge in [0, 0.05) is 6.04 Å². The molecule has 2 saturated carbocycles. The highest BCUT2D eigenvalue weighted by atomic mass is 16.2. The SMILES string of the molecule is O=C1NC(=O)C2(CC2)C(=O)N1C1CCCC1. The predicted octanol–water partition coefficient (Wildman–Crippen LogP) is 0.788. The molecule has 3 aliphatic rings. The number of nitrogens with zero attached hydrogens (tertiary/aromatic N) is 1. The van der Waals surface area contributed by atoms with Crippen molar-refractivity contribution in [2.24, 2.45) is 5.41 Å². The van der Waals surface area contributed by atoms with E-state index in [4.69, 9.17) is 0 Å². The van der Waals surface area contributed by atoms with Gasteiger partial charge in [-0.15, -0.1) is 0 Å². The average molecular weight is 222 g/mol. The zero-order chi connectivity index (χ0) is 11.3. The summed E-state index contributed by atoms with van der Waals surface area (Å²) >= 11 is 0. The minimum atomic E-state index is -0.878. The number of urea groups is 1. The Morgan fingerprint density at radius 1 is 1.12 bits per heavy atom. The minimum Gasteiger partial charge on any atom is -0.277 e. The van der Waals surface area contributed by atoms with Gasteiger partial charge in [0.15, 0.2) is 0 Å². The molecule has 0 aromatic carbocycles. The number of carbonyl (C=O) groups is 3. The summed E-state index contributed by atoms with van der Waals surface area (Å²) < 4.78 is 0. The monoisotopic (exact) mass is 222 g/mol. The van der Waals surface area contributed by atoms with Crippen molar-refractivity contribution >= 4 is 17.8 Å². The fourth-order valence-corrected chi connectivity index (χ4v) is 2.76. The fraction of sp³-hybridized carbons (Fsp3) is 0.727. The molecule has 1 spiro atoms. The Labute approximate surface area is 93.2 Å². The molecule has 0 unspecified atom stereocenters. The van der Waals surface area contributed by atoms with E-state index in [0.717, 1.165) is 25.7 Å². The summed E-state index contributed by atoms with van der Waals surface area (Å²) in [6.07, 6.45) is 5.06. The highest BCUT2D eigenvalue weighted by molar-refractivity contribution is 6.21. The molecule has 1 aliphatic heterocycles. The van der Waals surface area contributed by atoms with Crippen LogP contribution in [-0.2, 0) is 9.59 Å². The van der Waals surface area contributed by atoms with E-state index in [0.29, 0.717) is 12.8 Å². The van der Waals surface area contributed by atoms with Gasteiger partial charge in [-0.3, -0.25) is 19.8 Å². The lowest BCUT2D eigenvalue weighted by Crippen LogP contribution is -2.61. The molecular formula is C11H14N2O3. The fourth-order valence-electron chi connectivity index (χ4n) is 2.76. The second-order valence-electron chi connectivity index (χ2n) is 4.95. The van der Waals surface area contributed by atoms with Gasteiger partial charge in [-0.25, -0.2) is 4.79 Å². The summed E-state index contributed by atoms with van der Waals surface area (Å²) in [7, 11) is 0. The van der Waals surface area contributed by atoms with Crippen molar-refractivity contribution in [1.82, 2.24) is 10.2 Å². The third-order valence-corrected chi connectivity index (χ3v) is 3.94. The van der Waals surface area contributed by atoms with Gasteiger partial charge in [0.25, 0.3) is 0 Å². The van der Waals surface area contributed by atoms with E-state index < -0.39 is 17.4 Å². The maximum absolute atomic E-state index is 12.2.